The zero-order valence-corrected chi connectivity index (χ0v) is 8.38. The fourth-order valence-electron chi connectivity index (χ4n) is 2.30. The summed E-state index contributed by atoms with van der Waals surface area (Å²) in [6, 6.07) is 9.39. The quantitative estimate of drug-likeness (QED) is 0.692. The van der Waals surface area contributed by atoms with Crippen LogP contribution in [-0.4, -0.2) is 7.05 Å². The highest BCUT2D eigenvalue weighted by Crippen LogP contribution is 2.36. The summed E-state index contributed by atoms with van der Waals surface area (Å²) in [5.41, 5.74) is 3.04. The number of fused-ring (bicyclic) bond motifs is 1. The summed E-state index contributed by atoms with van der Waals surface area (Å²) in [6.45, 7) is 2.32. The maximum Gasteiger partial charge on any atom is 0.0320 e. The minimum atomic E-state index is 0.576. The average Bonchev–Trinajstić information content (AvgIpc) is 2.19. The Morgan fingerprint density at radius 1 is 1.15 bits per heavy atom. The highest BCUT2D eigenvalue weighted by atomic mass is 14.9. The molecule has 2 rings (SSSR count). The van der Waals surface area contributed by atoms with E-state index in [0.29, 0.717) is 6.04 Å². The summed E-state index contributed by atoms with van der Waals surface area (Å²) >= 11 is 0. The molecule has 0 aliphatic heterocycles. The van der Waals surface area contributed by atoms with Crippen LogP contribution < -0.4 is 5.32 Å². The lowest BCUT2D eigenvalue weighted by molar-refractivity contribution is 0.460. The summed E-state index contributed by atoms with van der Waals surface area (Å²) in [5.74, 6) is 0.737. The molecule has 0 unspecified atom stereocenters. The molecule has 1 N–H and O–H groups in total. The first-order valence-electron chi connectivity index (χ1n) is 5.09. The van der Waals surface area contributed by atoms with Gasteiger partial charge < -0.3 is 5.32 Å². The SMILES string of the molecule is CN[C@@H]1CC[C@@H](C)c2ccccc21. The molecular formula is C12H17N. The Hall–Kier alpha value is -0.820. The molecule has 1 heteroatoms. The second-order valence-electron chi connectivity index (χ2n) is 3.95. The van der Waals surface area contributed by atoms with E-state index in [1.807, 2.05) is 0 Å². The van der Waals surface area contributed by atoms with Gasteiger partial charge in [-0.2, -0.15) is 0 Å². The zero-order chi connectivity index (χ0) is 9.26. The monoisotopic (exact) mass is 175 g/mol. The lowest BCUT2D eigenvalue weighted by atomic mass is 9.81. The third kappa shape index (κ3) is 1.49. The van der Waals surface area contributed by atoms with E-state index < -0.39 is 0 Å². The van der Waals surface area contributed by atoms with Crippen molar-refractivity contribution in [3.63, 3.8) is 0 Å². The van der Waals surface area contributed by atoms with Gasteiger partial charge in [0.1, 0.15) is 0 Å². The van der Waals surface area contributed by atoms with Gasteiger partial charge in [-0.3, -0.25) is 0 Å². The highest BCUT2D eigenvalue weighted by molar-refractivity contribution is 5.34. The van der Waals surface area contributed by atoms with Gasteiger partial charge in [0, 0.05) is 6.04 Å². The van der Waals surface area contributed by atoms with E-state index in [1.165, 1.54) is 24.0 Å². The van der Waals surface area contributed by atoms with Gasteiger partial charge in [-0.1, -0.05) is 31.2 Å². The standard InChI is InChI=1S/C12H17N/c1-9-7-8-12(13-2)11-6-4-3-5-10(9)11/h3-6,9,12-13H,7-8H2,1-2H3/t9-,12-/m1/s1. The normalized spacial score (nSPS) is 26.9. The molecule has 70 valence electrons. The van der Waals surface area contributed by atoms with Crippen LogP contribution in [0.3, 0.4) is 0 Å². The molecule has 0 bridgehead atoms. The molecule has 13 heavy (non-hydrogen) atoms. The van der Waals surface area contributed by atoms with Gasteiger partial charge in [0.05, 0.1) is 0 Å². The van der Waals surface area contributed by atoms with Crippen LogP contribution in [0.5, 0.6) is 0 Å². The molecular weight excluding hydrogens is 158 g/mol. The van der Waals surface area contributed by atoms with Crippen molar-refractivity contribution in [2.45, 2.75) is 31.7 Å². The third-order valence-electron chi connectivity index (χ3n) is 3.14. The highest BCUT2D eigenvalue weighted by Gasteiger charge is 2.22. The van der Waals surface area contributed by atoms with Crippen LogP contribution in [-0.2, 0) is 0 Å². The molecule has 1 aliphatic carbocycles. The van der Waals surface area contributed by atoms with E-state index in [-0.39, 0.29) is 0 Å². The number of hydrogen-bond acceptors (Lipinski definition) is 1. The molecule has 0 heterocycles. The topological polar surface area (TPSA) is 12.0 Å². The Morgan fingerprint density at radius 3 is 2.54 bits per heavy atom. The minimum Gasteiger partial charge on any atom is -0.313 e. The smallest absolute Gasteiger partial charge is 0.0320 e. The van der Waals surface area contributed by atoms with Gasteiger partial charge in [-0.05, 0) is 36.9 Å². The largest absolute Gasteiger partial charge is 0.313 e. The van der Waals surface area contributed by atoms with Crippen molar-refractivity contribution in [2.24, 2.45) is 0 Å². The maximum absolute atomic E-state index is 3.38. The number of hydrogen-bond donors (Lipinski definition) is 1. The van der Waals surface area contributed by atoms with Crippen LogP contribution in [0.2, 0.25) is 0 Å². The first-order chi connectivity index (χ1) is 6.33. The van der Waals surface area contributed by atoms with Crippen molar-refractivity contribution in [1.82, 2.24) is 5.32 Å². The second-order valence-corrected chi connectivity index (χ2v) is 3.95. The van der Waals surface area contributed by atoms with Crippen molar-refractivity contribution < 1.29 is 0 Å². The summed E-state index contributed by atoms with van der Waals surface area (Å²) in [6.07, 6.45) is 2.58. The first-order valence-corrected chi connectivity index (χ1v) is 5.09. The lowest BCUT2D eigenvalue weighted by Gasteiger charge is -2.29. The van der Waals surface area contributed by atoms with Crippen molar-refractivity contribution in [3.8, 4) is 0 Å². The third-order valence-corrected chi connectivity index (χ3v) is 3.14. The number of rotatable bonds is 1. The van der Waals surface area contributed by atoms with Crippen molar-refractivity contribution in [2.75, 3.05) is 7.05 Å². The molecule has 0 fully saturated rings. The second kappa shape index (κ2) is 3.51. The molecule has 0 amide bonds. The minimum absolute atomic E-state index is 0.576. The predicted octanol–water partition coefficient (Wildman–Crippen LogP) is 2.84. The number of nitrogens with one attached hydrogen (secondary N) is 1. The van der Waals surface area contributed by atoms with Crippen LogP contribution in [0.15, 0.2) is 24.3 Å². The molecule has 0 aromatic heterocycles. The van der Waals surface area contributed by atoms with Crippen molar-refractivity contribution >= 4 is 0 Å². The van der Waals surface area contributed by atoms with Crippen LogP contribution in [0.25, 0.3) is 0 Å². The first kappa shape index (κ1) is 8.76. The van der Waals surface area contributed by atoms with Crippen LogP contribution in [0.4, 0.5) is 0 Å². The molecule has 0 saturated heterocycles. The summed E-state index contributed by atoms with van der Waals surface area (Å²) < 4.78 is 0. The Kier molecular flexibility index (Phi) is 2.36. The molecule has 1 aromatic carbocycles. The summed E-state index contributed by atoms with van der Waals surface area (Å²) in [7, 11) is 2.05. The molecule has 2 atom stereocenters. The molecule has 1 aromatic rings. The Bertz CT molecular complexity index is 293. The van der Waals surface area contributed by atoms with E-state index in [4.69, 9.17) is 0 Å². The summed E-state index contributed by atoms with van der Waals surface area (Å²) in [5, 5.41) is 3.38. The van der Waals surface area contributed by atoms with E-state index >= 15 is 0 Å². The Labute approximate surface area is 80.2 Å². The number of benzene rings is 1. The molecule has 0 saturated carbocycles. The van der Waals surface area contributed by atoms with E-state index in [2.05, 4.69) is 43.6 Å². The van der Waals surface area contributed by atoms with Gasteiger partial charge in [-0.25, -0.2) is 0 Å². The van der Waals surface area contributed by atoms with Crippen LogP contribution in [0, 0.1) is 0 Å². The maximum atomic E-state index is 3.38. The molecule has 0 radical (unpaired) electrons. The Balaban J connectivity index is 2.42. The average molecular weight is 175 g/mol. The van der Waals surface area contributed by atoms with Gasteiger partial charge in [0.15, 0.2) is 0 Å². The van der Waals surface area contributed by atoms with Crippen LogP contribution in [0.1, 0.15) is 42.9 Å². The lowest BCUT2D eigenvalue weighted by Crippen LogP contribution is -2.22. The van der Waals surface area contributed by atoms with E-state index in [9.17, 15) is 0 Å². The van der Waals surface area contributed by atoms with E-state index in [0.717, 1.165) is 5.92 Å². The van der Waals surface area contributed by atoms with Gasteiger partial charge in [0.2, 0.25) is 0 Å². The van der Waals surface area contributed by atoms with Crippen molar-refractivity contribution in [3.05, 3.63) is 35.4 Å². The van der Waals surface area contributed by atoms with Gasteiger partial charge >= 0.3 is 0 Å². The molecule has 0 spiro atoms. The van der Waals surface area contributed by atoms with Crippen LogP contribution >= 0.6 is 0 Å². The molecule has 1 aliphatic rings. The Morgan fingerprint density at radius 2 is 1.85 bits per heavy atom. The zero-order valence-electron chi connectivity index (χ0n) is 8.38. The summed E-state index contributed by atoms with van der Waals surface area (Å²) in [4.78, 5) is 0. The van der Waals surface area contributed by atoms with Gasteiger partial charge in [0.25, 0.3) is 0 Å². The fourth-order valence-corrected chi connectivity index (χ4v) is 2.30. The molecule has 1 nitrogen and oxygen atoms in total. The van der Waals surface area contributed by atoms with Gasteiger partial charge in [-0.15, -0.1) is 0 Å². The van der Waals surface area contributed by atoms with Crippen molar-refractivity contribution in [1.29, 1.82) is 0 Å². The van der Waals surface area contributed by atoms with E-state index in [1.54, 1.807) is 0 Å². The fraction of sp³-hybridized carbons (Fsp3) is 0.500. The predicted molar refractivity (Wildman–Crippen MR) is 55.9 cm³/mol.